The molecule has 0 spiro atoms. The highest BCUT2D eigenvalue weighted by atomic mass is 31.2. The SMILES string of the molecule is CCCCCCCCCCCCCCCCCCCCCCCCC(=O)O[C@H](COC(=O)CCCCCCCCCCCCCC(C)C)COP(=O)(O)OC[C@@H](O)COP(=O)(O)OC[C@@H](COC(=O)CCCCCCCCCCC)OC(=O)CCCCCCCCCCCCCC. The molecule has 0 bridgehead atoms. The Kier molecular flexibility index (Phi) is 69.6. The Morgan fingerprint density at radius 1 is 0.278 bits per heavy atom. The molecule has 2 unspecified atom stereocenters. The van der Waals surface area contributed by atoms with Crippen LogP contribution in [0.25, 0.3) is 0 Å². The third kappa shape index (κ3) is 72.2. The third-order valence-corrected chi connectivity index (χ3v) is 20.2. The van der Waals surface area contributed by atoms with Gasteiger partial charge in [0.2, 0.25) is 0 Å². The molecule has 97 heavy (non-hydrogen) atoms. The van der Waals surface area contributed by atoms with Crippen LogP contribution in [0, 0.1) is 5.92 Å². The monoisotopic (exact) mass is 1420 g/mol. The van der Waals surface area contributed by atoms with E-state index in [4.69, 9.17) is 37.0 Å². The predicted molar refractivity (Wildman–Crippen MR) is 395 cm³/mol. The average Bonchev–Trinajstić information content (AvgIpc) is 2.50. The quantitative estimate of drug-likeness (QED) is 0.0222. The van der Waals surface area contributed by atoms with Crippen molar-refractivity contribution < 1.29 is 80.2 Å². The van der Waals surface area contributed by atoms with Gasteiger partial charge in [-0.1, -0.05) is 362 Å². The molecular formula is C78H152O17P2. The number of carbonyl (C=O) groups excluding carboxylic acids is 4. The van der Waals surface area contributed by atoms with E-state index in [0.717, 1.165) is 95.8 Å². The second-order valence-corrected chi connectivity index (χ2v) is 31.5. The first-order valence-electron chi connectivity index (χ1n) is 40.6. The molecule has 3 N–H and O–H groups in total. The van der Waals surface area contributed by atoms with E-state index in [9.17, 15) is 43.2 Å². The summed E-state index contributed by atoms with van der Waals surface area (Å²) in [6.07, 6.45) is 61.1. The van der Waals surface area contributed by atoms with Gasteiger partial charge >= 0.3 is 39.5 Å². The number of unbranched alkanes of at least 4 members (excludes halogenated alkanes) is 50. The van der Waals surface area contributed by atoms with Gasteiger partial charge in [0.1, 0.15) is 19.3 Å². The second kappa shape index (κ2) is 71.1. The van der Waals surface area contributed by atoms with Crippen molar-refractivity contribution in [2.24, 2.45) is 5.92 Å². The van der Waals surface area contributed by atoms with Gasteiger partial charge in [0.25, 0.3) is 0 Å². The lowest BCUT2D eigenvalue weighted by molar-refractivity contribution is -0.161. The summed E-state index contributed by atoms with van der Waals surface area (Å²) in [4.78, 5) is 72.8. The minimum atomic E-state index is -4.96. The smallest absolute Gasteiger partial charge is 0.462 e. The Morgan fingerprint density at radius 3 is 0.701 bits per heavy atom. The van der Waals surface area contributed by atoms with Gasteiger partial charge in [-0.3, -0.25) is 37.3 Å². The minimum absolute atomic E-state index is 0.108. The van der Waals surface area contributed by atoms with E-state index < -0.39 is 97.5 Å². The van der Waals surface area contributed by atoms with E-state index in [1.165, 1.54) is 238 Å². The summed E-state index contributed by atoms with van der Waals surface area (Å²) in [5.74, 6) is -1.34. The highest BCUT2D eigenvalue weighted by Crippen LogP contribution is 2.45. The molecule has 0 saturated carbocycles. The van der Waals surface area contributed by atoms with Gasteiger partial charge in [0, 0.05) is 25.7 Å². The standard InChI is InChI=1S/C78H152O17P2/c1-6-9-12-15-18-21-23-25-26-27-28-29-30-31-32-33-34-38-44-49-54-59-64-78(83)95-74(68-89-76(81)62-57-52-47-42-39-35-36-41-45-50-55-60-71(4)5)70-93-97(86,87)91-66-72(79)65-90-96(84,85)92-69-73(67-88-75(80)61-56-51-46-40-20-17-14-11-8-3)94-77(82)63-58-53-48-43-37-24-22-19-16-13-10-7-2/h71-74,79H,6-70H2,1-5H3,(H,84,85)(H,86,87)/t72-,73+,74+/m0/s1. The summed E-state index contributed by atoms with van der Waals surface area (Å²) < 4.78 is 68.5. The normalized spacial score (nSPS) is 13.9. The summed E-state index contributed by atoms with van der Waals surface area (Å²) in [6, 6.07) is 0. The molecule has 0 aromatic rings. The third-order valence-electron chi connectivity index (χ3n) is 18.3. The molecule has 5 atom stereocenters. The number of hydrogen-bond acceptors (Lipinski definition) is 15. The first kappa shape index (κ1) is 95.1. The Labute approximate surface area is 594 Å². The summed E-state index contributed by atoms with van der Waals surface area (Å²) in [6.45, 7) is 7.29. The number of phosphoric acid groups is 2. The molecule has 576 valence electrons. The molecule has 0 heterocycles. The number of carbonyl (C=O) groups is 4. The van der Waals surface area contributed by atoms with Crippen LogP contribution in [0.2, 0.25) is 0 Å². The fourth-order valence-corrected chi connectivity index (χ4v) is 13.6. The van der Waals surface area contributed by atoms with Crippen molar-refractivity contribution in [1.82, 2.24) is 0 Å². The molecule has 0 saturated heterocycles. The van der Waals surface area contributed by atoms with Crippen LogP contribution in [0.15, 0.2) is 0 Å². The van der Waals surface area contributed by atoms with Crippen LogP contribution < -0.4 is 0 Å². The zero-order valence-corrected chi connectivity index (χ0v) is 65.0. The van der Waals surface area contributed by atoms with Crippen molar-refractivity contribution in [3.8, 4) is 0 Å². The molecular weight excluding hydrogens is 1270 g/mol. The number of aliphatic hydroxyl groups excluding tert-OH is 1. The van der Waals surface area contributed by atoms with E-state index in [0.29, 0.717) is 25.7 Å². The molecule has 0 amide bonds. The Hall–Kier alpha value is -1.94. The van der Waals surface area contributed by atoms with Crippen molar-refractivity contribution in [2.75, 3.05) is 39.6 Å². The number of esters is 4. The van der Waals surface area contributed by atoms with E-state index in [1.807, 2.05) is 0 Å². The largest absolute Gasteiger partial charge is 0.472 e. The van der Waals surface area contributed by atoms with Gasteiger partial charge in [0.15, 0.2) is 12.2 Å². The van der Waals surface area contributed by atoms with Crippen molar-refractivity contribution in [3.05, 3.63) is 0 Å². The fraction of sp³-hybridized carbons (Fsp3) is 0.949. The van der Waals surface area contributed by atoms with Crippen LogP contribution in [-0.4, -0.2) is 96.7 Å². The van der Waals surface area contributed by atoms with Crippen LogP contribution in [0.4, 0.5) is 0 Å². The molecule has 0 aliphatic heterocycles. The first-order valence-corrected chi connectivity index (χ1v) is 43.6. The Balaban J connectivity index is 5.18. The zero-order valence-electron chi connectivity index (χ0n) is 63.2. The predicted octanol–water partition coefficient (Wildman–Crippen LogP) is 23.3. The number of ether oxygens (including phenoxy) is 4. The minimum Gasteiger partial charge on any atom is -0.462 e. The number of hydrogen-bond donors (Lipinski definition) is 3. The van der Waals surface area contributed by atoms with E-state index in [-0.39, 0.29) is 25.7 Å². The maximum Gasteiger partial charge on any atom is 0.472 e. The van der Waals surface area contributed by atoms with Gasteiger partial charge in [-0.15, -0.1) is 0 Å². The number of aliphatic hydroxyl groups is 1. The van der Waals surface area contributed by atoms with Crippen LogP contribution in [-0.2, 0) is 65.4 Å². The van der Waals surface area contributed by atoms with Gasteiger partial charge < -0.3 is 33.8 Å². The molecule has 0 aromatic carbocycles. The Bertz CT molecular complexity index is 1860. The topological polar surface area (TPSA) is 237 Å². The van der Waals surface area contributed by atoms with Gasteiger partial charge in [-0.2, -0.15) is 0 Å². The van der Waals surface area contributed by atoms with Gasteiger partial charge in [0.05, 0.1) is 26.4 Å². The summed E-state index contributed by atoms with van der Waals surface area (Å²) in [7, 11) is -9.91. The van der Waals surface area contributed by atoms with E-state index >= 15 is 0 Å². The van der Waals surface area contributed by atoms with Crippen LogP contribution >= 0.6 is 15.6 Å². The lowest BCUT2D eigenvalue weighted by Crippen LogP contribution is -2.30. The second-order valence-electron chi connectivity index (χ2n) is 28.6. The summed E-state index contributed by atoms with van der Waals surface area (Å²) in [5.41, 5.74) is 0. The van der Waals surface area contributed by atoms with Crippen molar-refractivity contribution >= 4 is 39.5 Å². The highest BCUT2D eigenvalue weighted by Gasteiger charge is 2.30. The molecule has 0 radical (unpaired) electrons. The molecule has 0 aromatic heterocycles. The van der Waals surface area contributed by atoms with E-state index in [2.05, 4.69) is 34.6 Å². The number of phosphoric ester groups is 2. The molecule has 0 fully saturated rings. The molecule has 0 rings (SSSR count). The first-order chi connectivity index (χ1) is 47.0. The van der Waals surface area contributed by atoms with Crippen LogP contribution in [0.3, 0.4) is 0 Å². The molecule has 19 heteroatoms. The van der Waals surface area contributed by atoms with Crippen LogP contribution in [0.1, 0.15) is 413 Å². The lowest BCUT2D eigenvalue weighted by atomic mass is 10.0. The van der Waals surface area contributed by atoms with Crippen LogP contribution in [0.5, 0.6) is 0 Å². The molecule has 0 aliphatic rings. The summed E-state index contributed by atoms with van der Waals surface area (Å²) in [5, 5.41) is 10.6. The van der Waals surface area contributed by atoms with Crippen molar-refractivity contribution in [1.29, 1.82) is 0 Å². The highest BCUT2D eigenvalue weighted by molar-refractivity contribution is 7.47. The van der Waals surface area contributed by atoms with Crippen molar-refractivity contribution in [2.45, 2.75) is 432 Å². The van der Waals surface area contributed by atoms with Gasteiger partial charge in [-0.05, 0) is 31.6 Å². The molecule has 17 nitrogen and oxygen atoms in total. The average molecular weight is 1420 g/mol. The Morgan fingerprint density at radius 2 is 0.474 bits per heavy atom. The van der Waals surface area contributed by atoms with Crippen molar-refractivity contribution in [3.63, 3.8) is 0 Å². The lowest BCUT2D eigenvalue weighted by Gasteiger charge is -2.21. The maximum atomic E-state index is 13.1. The zero-order chi connectivity index (χ0) is 71.2. The maximum absolute atomic E-state index is 13.1. The summed E-state index contributed by atoms with van der Waals surface area (Å²) >= 11 is 0. The number of rotatable bonds is 78. The fourth-order valence-electron chi connectivity index (χ4n) is 12.1. The molecule has 0 aliphatic carbocycles. The van der Waals surface area contributed by atoms with E-state index in [1.54, 1.807) is 0 Å². The van der Waals surface area contributed by atoms with Gasteiger partial charge in [-0.25, -0.2) is 9.13 Å².